The smallest absolute Gasteiger partial charge is 0.344 e. The molecule has 1 aliphatic heterocycles. The summed E-state index contributed by atoms with van der Waals surface area (Å²) < 4.78 is 13.7. The molecule has 0 aromatic carbocycles. The lowest BCUT2D eigenvalue weighted by Crippen LogP contribution is -2.23. The van der Waals surface area contributed by atoms with Gasteiger partial charge in [-0.15, -0.1) is 0 Å². The van der Waals surface area contributed by atoms with Crippen molar-refractivity contribution in [2.75, 3.05) is 5.75 Å². The second-order valence-electron chi connectivity index (χ2n) is 3.43. The summed E-state index contributed by atoms with van der Waals surface area (Å²) in [6.45, 7) is 0.406. The summed E-state index contributed by atoms with van der Waals surface area (Å²) in [4.78, 5) is 20.1. The van der Waals surface area contributed by atoms with E-state index in [-0.39, 0.29) is 13.0 Å². The lowest BCUT2D eigenvalue weighted by atomic mass is 10.3. The summed E-state index contributed by atoms with van der Waals surface area (Å²) in [7, 11) is 0. The van der Waals surface area contributed by atoms with Gasteiger partial charge in [-0.1, -0.05) is 7.43 Å². The Kier molecular flexibility index (Phi) is 3.24. The van der Waals surface area contributed by atoms with Crippen molar-refractivity contribution in [1.82, 2.24) is 14.5 Å². The van der Waals surface area contributed by atoms with E-state index < -0.39 is 11.2 Å². The Morgan fingerprint density at radius 1 is 1.53 bits per heavy atom. The Balaban J connectivity index is 0.00000108. The summed E-state index contributed by atoms with van der Waals surface area (Å²) in [6.07, 6.45) is 1.60. The first-order valence-electron chi connectivity index (χ1n) is 4.61. The largest absolute Gasteiger partial charge is 0.609 e. The highest BCUT2D eigenvalue weighted by Crippen LogP contribution is 2.19. The molecule has 0 radical (unpaired) electrons. The van der Waals surface area contributed by atoms with E-state index in [2.05, 4.69) is 25.9 Å². The maximum atomic E-state index is 11.9. The van der Waals surface area contributed by atoms with Crippen LogP contribution in [0.25, 0.3) is 11.0 Å². The highest BCUT2D eigenvalue weighted by molar-refractivity contribution is 9.10. The molecule has 2 aromatic heterocycles. The molecule has 0 saturated carbocycles. The number of aryl methyl sites for hydroxylation is 1. The van der Waals surface area contributed by atoms with Crippen molar-refractivity contribution in [2.24, 2.45) is 0 Å². The van der Waals surface area contributed by atoms with Crippen molar-refractivity contribution in [3.05, 3.63) is 27.1 Å². The van der Waals surface area contributed by atoms with Gasteiger partial charge in [0, 0.05) is 22.8 Å². The number of rotatable bonds is 0. The molecule has 5 nitrogen and oxygen atoms in total. The first kappa shape index (κ1) is 12.5. The van der Waals surface area contributed by atoms with E-state index in [9.17, 15) is 9.35 Å². The number of pyridine rings is 1. The van der Waals surface area contributed by atoms with E-state index in [0.29, 0.717) is 27.6 Å². The minimum atomic E-state index is -1.21. The van der Waals surface area contributed by atoms with Crippen LogP contribution >= 0.6 is 15.9 Å². The number of hydrogen-bond donors (Lipinski definition) is 0. The highest BCUT2D eigenvalue weighted by atomic mass is 79.9. The minimum absolute atomic E-state index is 0. The normalized spacial score (nSPS) is 17.9. The van der Waals surface area contributed by atoms with Crippen LogP contribution in [-0.4, -0.2) is 24.8 Å². The lowest BCUT2D eigenvalue weighted by molar-refractivity contribution is 0.584. The summed E-state index contributed by atoms with van der Waals surface area (Å²) in [5.41, 5.74) is 0.417. The van der Waals surface area contributed by atoms with Crippen LogP contribution in [0.3, 0.4) is 0 Å². The second-order valence-corrected chi connectivity index (χ2v) is 5.75. The van der Waals surface area contributed by atoms with Crippen molar-refractivity contribution in [1.29, 1.82) is 0 Å². The maximum Gasteiger partial charge on any atom is 0.344 e. The van der Waals surface area contributed by atoms with E-state index in [1.165, 1.54) is 4.57 Å². The second kappa shape index (κ2) is 4.40. The Bertz CT molecular complexity index is 643. The standard InChI is InChI=1S/C9H6BrN3O2S.CH4/c10-6-3-5-4-11-9-12-7(5)13(8(6)14)1-2-16(9)15;/h3-4H,1-2H2;1H4. The van der Waals surface area contributed by atoms with Gasteiger partial charge >= 0.3 is 5.16 Å². The van der Waals surface area contributed by atoms with Crippen LogP contribution < -0.4 is 5.56 Å². The monoisotopic (exact) mass is 315 g/mol. The van der Waals surface area contributed by atoms with E-state index in [0.717, 1.165) is 5.39 Å². The SMILES string of the molecule is C.O=c1c(Br)cc2cnc3nc2n1CC[S+]3[O-]. The summed E-state index contributed by atoms with van der Waals surface area (Å²) >= 11 is 1.99. The van der Waals surface area contributed by atoms with Crippen molar-refractivity contribution < 1.29 is 4.55 Å². The number of aromatic nitrogens is 3. The Labute approximate surface area is 109 Å². The zero-order valence-electron chi connectivity index (χ0n) is 8.01. The van der Waals surface area contributed by atoms with E-state index in [4.69, 9.17) is 0 Å². The van der Waals surface area contributed by atoms with Crippen LogP contribution in [0.1, 0.15) is 7.43 Å². The molecule has 0 saturated heterocycles. The van der Waals surface area contributed by atoms with Crippen LogP contribution in [0.15, 0.2) is 26.7 Å². The molecule has 2 bridgehead atoms. The number of nitrogens with zero attached hydrogens (tertiary/aromatic N) is 3. The van der Waals surface area contributed by atoms with Crippen molar-refractivity contribution in [3.63, 3.8) is 0 Å². The molecule has 1 unspecified atom stereocenters. The topological polar surface area (TPSA) is 70.8 Å². The van der Waals surface area contributed by atoms with Gasteiger partial charge in [0.25, 0.3) is 5.56 Å². The average molecular weight is 316 g/mol. The van der Waals surface area contributed by atoms with Gasteiger partial charge in [-0.25, -0.2) is 0 Å². The molecule has 3 rings (SSSR count). The summed E-state index contributed by atoms with van der Waals surface area (Å²) in [5, 5.41) is 1.08. The fourth-order valence-corrected chi connectivity index (χ4v) is 3.04. The number of fused-ring (bicyclic) bond motifs is 1. The fraction of sp³-hybridized carbons (Fsp3) is 0.300. The predicted molar refractivity (Wildman–Crippen MR) is 69.5 cm³/mol. The molecular formula is C10H10BrN3O2S. The fourth-order valence-electron chi connectivity index (χ4n) is 1.69. The van der Waals surface area contributed by atoms with Crippen molar-refractivity contribution in [3.8, 4) is 0 Å². The lowest BCUT2D eigenvalue weighted by Gasteiger charge is -2.04. The van der Waals surface area contributed by atoms with Gasteiger partial charge in [0.2, 0.25) is 0 Å². The maximum absolute atomic E-state index is 11.9. The van der Waals surface area contributed by atoms with Gasteiger partial charge in [0.15, 0.2) is 5.65 Å². The molecule has 1 atom stereocenters. The summed E-state index contributed by atoms with van der Waals surface area (Å²) in [6, 6.07) is 1.69. The first-order valence-corrected chi connectivity index (χ1v) is 6.72. The molecule has 2 aromatic rings. The molecule has 1 aliphatic rings. The van der Waals surface area contributed by atoms with Crippen LogP contribution in [0.5, 0.6) is 0 Å². The van der Waals surface area contributed by atoms with Gasteiger partial charge < -0.3 is 4.55 Å². The number of hydrogen-bond acceptors (Lipinski definition) is 4. The predicted octanol–water partition coefficient (Wildman–Crippen LogP) is 1.31. The van der Waals surface area contributed by atoms with Crippen LogP contribution in [-0.2, 0) is 17.7 Å². The summed E-state index contributed by atoms with van der Waals surface area (Å²) in [5.74, 6) is 0.374. The van der Waals surface area contributed by atoms with Gasteiger partial charge in [0.1, 0.15) is 5.75 Å². The first-order chi connectivity index (χ1) is 7.66. The number of halogens is 1. The average Bonchev–Trinajstić information content (AvgIpc) is 2.41. The highest BCUT2D eigenvalue weighted by Gasteiger charge is 2.22. The molecule has 0 spiro atoms. The van der Waals surface area contributed by atoms with Crippen LogP contribution in [0, 0.1) is 0 Å². The van der Waals surface area contributed by atoms with Crippen LogP contribution in [0.2, 0.25) is 0 Å². The minimum Gasteiger partial charge on any atom is -0.609 e. The molecule has 0 fully saturated rings. The van der Waals surface area contributed by atoms with Gasteiger partial charge in [-0.05, 0) is 22.0 Å². The molecular weight excluding hydrogens is 306 g/mol. The van der Waals surface area contributed by atoms with Crippen LogP contribution in [0.4, 0.5) is 0 Å². The third-order valence-corrected chi connectivity index (χ3v) is 4.19. The van der Waals surface area contributed by atoms with Gasteiger partial charge in [-0.2, -0.15) is 9.97 Å². The van der Waals surface area contributed by atoms with Crippen molar-refractivity contribution in [2.45, 2.75) is 19.1 Å². The van der Waals surface area contributed by atoms with Gasteiger partial charge in [-0.3, -0.25) is 9.36 Å². The Morgan fingerprint density at radius 3 is 3.06 bits per heavy atom. The molecule has 0 aliphatic carbocycles. The molecule has 17 heavy (non-hydrogen) atoms. The molecule has 0 amide bonds. The van der Waals surface area contributed by atoms with Gasteiger partial charge in [0.05, 0.1) is 11.0 Å². The zero-order chi connectivity index (χ0) is 11.3. The molecule has 0 N–H and O–H groups in total. The third kappa shape index (κ3) is 1.88. The molecule has 7 heteroatoms. The quantitative estimate of drug-likeness (QED) is 0.543. The van der Waals surface area contributed by atoms with Crippen molar-refractivity contribution >= 4 is 38.1 Å². The molecule has 90 valence electrons. The molecule has 3 heterocycles. The Hall–Kier alpha value is -0.920. The Morgan fingerprint density at radius 2 is 2.29 bits per heavy atom. The third-order valence-electron chi connectivity index (χ3n) is 2.47. The van der Waals surface area contributed by atoms with E-state index >= 15 is 0 Å². The van der Waals surface area contributed by atoms with E-state index in [1.807, 2.05) is 0 Å². The van der Waals surface area contributed by atoms with E-state index in [1.54, 1.807) is 12.3 Å². The zero-order valence-corrected chi connectivity index (χ0v) is 10.4.